The smallest absolute Gasteiger partial charge is 0.416 e. The molecule has 2 N–H and O–H groups in total. The molecule has 0 fully saturated rings. The fraction of sp³-hybridized carbons (Fsp3) is 0.261. The minimum atomic E-state index is -4.46. The topological polar surface area (TPSA) is 107 Å². The van der Waals surface area contributed by atoms with Gasteiger partial charge in [-0.25, -0.2) is 8.78 Å². The third-order valence-corrected chi connectivity index (χ3v) is 10.4. The average molecular weight is 812 g/mol. The van der Waals surface area contributed by atoms with Crippen LogP contribution in [0.4, 0.5) is 22.0 Å². The molecule has 0 bridgehead atoms. The Hall–Kier alpha value is -6.37. The van der Waals surface area contributed by atoms with Gasteiger partial charge in [0.15, 0.2) is 0 Å². The number of carboxylic acids is 1. The SMILES string of the molecule is O=C(CCC(=O)N1CCc2ccc(F)cc2C1c1ccccc1)NCc1cccc(C(F)(F)F)c1.O=C(O)CCC(=O)N1CCc2ccc(F)cc2C1c1ccccc1. The van der Waals surface area contributed by atoms with Crippen LogP contribution in [-0.4, -0.2) is 51.7 Å². The lowest BCUT2D eigenvalue weighted by atomic mass is 9.87. The number of hydrogen-bond donors (Lipinski definition) is 2. The normalized spacial score (nSPS) is 15.9. The first kappa shape index (κ1) is 42.2. The zero-order valence-corrected chi connectivity index (χ0v) is 31.9. The number of halogens is 5. The van der Waals surface area contributed by atoms with Crippen molar-refractivity contribution in [3.63, 3.8) is 0 Å². The standard InChI is InChI=1S/C27H24F4N2O2.C19H18FNO3/c28-22-10-9-19-13-14-33(26(23(19)16-22)20-6-2-1-3-7-20)25(35)12-11-24(34)32-17-18-5-4-8-21(15-18)27(29,30)31;20-15-7-6-13-10-11-21(17(22)8-9-18(23)24)19(16(13)12-15)14-4-2-1-3-5-14/h1-10,15-16,26H,11-14,17H2,(H,32,34);1-7,12,19H,8-11H2,(H,23,24). The number of hydrogen-bond acceptors (Lipinski definition) is 4. The van der Waals surface area contributed by atoms with Crippen molar-refractivity contribution in [1.82, 2.24) is 15.1 Å². The molecule has 5 aromatic rings. The van der Waals surface area contributed by atoms with Gasteiger partial charge in [0.05, 0.1) is 24.1 Å². The fourth-order valence-corrected chi connectivity index (χ4v) is 7.57. The molecule has 5 aromatic carbocycles. The van der Waals surface area contributed by atoms with Gasteiger partial charge in [-0.15, -0.1) is 0 Å². The van der Waals surface area contributed by atoms with Crippen molar-refractivity contribution < 1.29 is 46.2 Å². The molecule has 13 heteroatoms. The molecular weight excluding hydrogens is 770 g/mol. The number of fused-ring (bicyclic) bond motifs is 2. The number of carbonyl (C=O) groups is 4. The minimum absolute atomic E-state index is 0.0523. The number of nitrogens with one attached hydrogen (secondary N) is 1. The summed E-state index contributed by atoms with van der Waals surface area (Å²) in [6.07, 6.45) is -3.67. The van der Waals surface area contributed by atoms with Crippen LogP contribution in [0.3, 0.4) is 0 Å². The zero-order valence-electron chi connectivity index (χ0n) is 31.9. The molecule has 59 heavy (non-hydrogen) atoms. The van der Waals surface area contributed by atoms with Crippen molar-refractivity contribution in [3.8, 4) is 0 Å². The summed E-state index contributed by atoms with van der Waals surface area (Å²) in [5.74, 6) is -2.62. The summed E-state index contributed by atoms with van der Waals surface area (Å²) in [5, 5.41) is 11.4. The summed E-state index contributed by atoms with van der Waals surface area (Å²) < 4.78 is 66.5. The number of amides is 3. The Morgan fingerprint density at radius 2 is 1.10 bits per heavy atom. The van der Waals surface area contributed by atoms with Crippen molar-refractivity contribution in [2.24, 2.45) is 0 Å². The summed E-state index contributed by atoms with van der Waals surface area (Å²) >= 11 is 0. The van der Waals surface area contributed by atoms with E-state index in [4.69, 9.17) is 5.11 Å². The Morgan fingerprint density at radius 1 is 0.610 bits per heavy atom. The second-order valence-electron chi connectivity index (χ2n) is 14.4. The number of benzene rings is 5. The quantitative estimate of drug-likeness (QED) is 0.138. The van der Waals surface area contributed by atoms with Gasteiger partial charge in [-0.1, -0.05) is 84.9 Å². The van der Waals surface area contributed by atoms with E-state index in [0.717, 1.165) is 45.5 Å². The molecule has 0 saturated carbocycles. The van der Waals surface area contributed by atoms with Crippen LogP contribution in [0.15, 0.2) is 121 Å². The Balaban J connectivity index is 0.000000213. The van der Waals surface area contributed by atoms with Crippen LogP contribution in [-0.2, 0) is 44.7 Å². The Labute approximate surface area is 338 Å². The molecule has 0 aromatic heterocycles. The van der Waals surface area contributed by atoms with Crippen molar-refractivity contribution in [3.05, 3.63) is 177 Å². The van der Waals surface area contributed by atoms with Crippen molar-refractivity contribution in [1.29, 1.82) is 0 Å². The monoisotopic (exact) mass is 811 g/mol. The van der Waals surface area contributed by atoms with Gasteiger partial charge < -0.3 is 20.2 Å². The third-order valence-electron chi connectivity index (χ3n) is 10.4. The molecule has 306 valence electrons. The molecule has 7 rings (SSSR count). The van der Waals surface area contributed by atoms with Gasteiger partial charge in [0.25, 0.3) is 0 Å². The van der Waals surface area contributed by atoms with Gasteiger partial charge in [0, 0.05) is 38.9 Å². The van der Waals surface area contributed by atoms with E-state index in [1.165, 1.54) is 36.4 Å². The molecular formula is C46H42F5N3O5. The summed E-state index contributed by atoms with van der Waals surface area (Å²) in [7, 11) is 0. The fourth-order valence-electron chi connectivity index (χ4n) is 7.57. The average Bonchev–Trinajstić information content (AvgIpc) is 3.23. The van der Waals surface area contributed by atoms with E-state index >= 15 is 0 Å². The highest BCUT2D eigenvalue weighted by molar-refractivity contribution is 5.84. The van der Waals surface area contributed by atoms with Gasteiger partial charge in [0.1, 0.15) is 11.6 Å². The van der Waals surface area contributed by atoms with Crippen LogP contribution in [0, 0.1) is 11.6 Å². The molecule has 0 spiro atoms. The minimum Gasteiger partial charge on any atom is -0.481 e. The van der Waals surface area contributed by atoms with E-state index in [-0.39, 0.29) is 61.7 Å². The third kappa shape index (κ3) is 10.8. The van der Waals surface area contributed by atoms with Crippen LogP contribution >= 0.6 is 0 Å². The Bertz CT molecular complexity index is 2290. The largest absolute Gasteiger partial charge is 0.481 e. The first-order chi connectivity index (χ1) is 28.3. The Morgan fingerprint density at radius 3 is 1.58 bits per heavy atom. The summed E-state index contributed by atoms with van der Waals surface area (Å²) in [6.45, 7) is 0.861. The predicted octanol–water partition coefficient (Wildman–Crippen LogP) is 8.58. The summed E-state index contributed by atoms with van der Waals surface area (Å²) in [4.78, 5) is 52.1. The zero-order chi connectivity index (χ0) is 42.1. The van der Waals surface area contributed by atoms with E-state index in [9.17, 15) is 41.1 Å². The van der Waals surface area contributed by atoms with Crippen LogP contribution in [0.25, 0.3) is 0 Å². The van der Waals surface area contributed by atoms with Crippen LogP contribution in [0.5, 0.6) is 0 Å². The second kappa shape index (κ2) is 18.9. The molecule has 2 aliphatic heterocycles. The van der Waals surface area contributed by atoms with Gasteiger partial charge in [-0.05, 0) is 88.2 Å². The van der Waals surface area contributed by atoms with Crippen molar-refractivity contribution >= 4 is 23.7 Å². The number of alkyl halides is 3. The van der Waals surface area contributed by atoms with Gasteiger partial charge >= 0.3 is 12.1 Å². The van der Waals surface area contributed by atoms with E-state index < -0.39 is 29.7 Å². The van der Waals surface area contributed by atoms with E-state index in [1.54, 1.807) is 21.9 Å². The van der Waals surface area contributed by atoms with Crippen LogP contribution < -0.4 is 5.32 Å². The summed E-state index contributed by atoms with van der Waals surface area (Å²) in [6, 6.07) is 31.9. The molecule has 3 amide bonds. The van der Waals surface area contributed by atoms with E-state index in [2.05, 4.69) is 5.32 Å². The highest BCUT2D eigenvalue weighted by atomic mass is 19.4. The van der Waals surface area contributed by atoms with Crippen molar-refractivity contribution in [2.45, 2.75) is 63.3 Å². The summed E-state index contributed by atoms with van der Waals surface area (Å²) in [5.41, 5.74) is 4.78. The maximum atomic E-state index is 14.1. The maximum absolute atomic E-state index is 14.1. The first-order valence-corrected chi connectivity index (χ1v) is 19.2. The van der Waals surface area contributed by atoms with Gasteiger partial charge in [-0.2, -0.15) is 13.2 Å². The van der Waals surface area contributed by atoms with Crippen molar-refractivity contribution in [2.75, 3.05) is 13.1 Å². The molecule has 2 unspecified atom stereocenters. The lowest BCUT2D eigenvalue weighted by molar-refractivity contribution is -0.141. The highest BCUT2D eigenvalue weighted by Gasteiger charge is 2.34. The molecule has 8 nitrogen and oxygen atoms in total. The number of rotatable bonds is 10. The van der Waals surface area contributed by atoms with Crippen LogP contribution in [0.2, 0.25) is 0 Å². The number of aliphatic carboxylic acids is 1. The molecule has 2 heterocycles. The number of carboxylic acid groups (broad SMARTS) is 1. The Kier molecular flexibility index (Phi) is 13.5. The molecule has 2 atom stereocenters. The van der Waals surface area contributed by atoms with E-state index in [0.29, 0.717) is 31.5 Å². The highest BCUT2D eigenvalue weighted by Crippen LogP contribution is 2.38. The number of carbonyl (C=O) groups excluding carboxylic acids is 3. The lowest BCUT2D eigenvalue weighted by Crippen LogP contribution is -2.41. The second-order valence-corrected chi connectivity index (χ2v) is 14.4. The lowest BCUT2D eigenvalue weighted by Gasteiger charge is -2.38. The molecule has 2 aliphatic rings. The predicted molar refractivity (Wildman–Crippen MR) is 210 cm³/mol. The first-order valence-electron chi connectivity index (χ1n) is 19.2. The molecule has 0 saturated heterocycles. The van der Waals surface area contributed by atoms with Gasteiger partial charge in [0.2, 0.25) is 17.7 Å². The maximum Gasteiger partial charge on any atom is 0.416 e. The molecule has 0 radical (unpaired) electrons. The molecule has 0 aliphatic carbocycles. The van der Waals surface area contributed by atoms with Crippen LogP contribution in [0.1, 0.15) is 82.3 Å². The van der Waals surface area contributed by atoms with Gasteiger partial charge in [-0.3, -0.25) is 19.2 Å². The number of nitrogens with zero attached hydrogens (tertiary/aromatic N) is 2. The van der Waals surface area contributed by atoms with E-state index in [1.807, 2.05) is 60.7 Å².